The maximum absolute atomic E-state index is 13.0. The predicted octanol–water partition coefficient (Wildman–Crippen LogP) is 7.63. The van der Waals surface area contributed by atoms with Gasteiger partial charge in [-0.1, -0.05) is 77.8 Å². The fourth-order valence-electron chi connectivity index (χ4n) is 3.72. The van der Waals surface area contributed by atoms with Gasteiger partial charge in [0.15, 0.2) is 5.75 Å². The molecule has 0 aliphatic heterocycles. The Bertz CT molecular complexity index is 1100. The summed E-state index contributed by atoms with van der Waals surface area (Å²) in [6, 6.07) is 13.6. The molecular formula is C33H45NO7. The minimum absolute atomic E-state index is 0.180. The molecule has 2 rings (SSSR count). The number of amides is 1. The molecule has 0 heterocycles. The molecule has 1 amide bonds. The van der Waals surface area contributed by atoms with Crippen LogP contribution in [0.4, 0.5) is 5.69 Å². The summed E-state index contributed by atoms with van der Waals surface area (Å²) in [5, 5.41) is 2.81. The molecule has 224 valence electrons. The smallest absolute Gasteiger partial charge is 0.374 e. The number of ether oxygens (including phenoxy) is 4. The topological polar surface area (TPSA) is 100 Å². The van der Waals surface area contributed by atoms with Gasteiger partial charge in [0, 0.05) is 5.56 Å². The van der Waals surface area contributed by atoms with Gasteiger partial charge >= 0.3 is 11.9 Å². The van der Waals surface area contributed by atoms with Gasteiger partial charge in [0.05, 0.1) is 31.6 Å². The number of carbonyl (C=O) groups is 3. The van der Waals surface area contributed by atoms with Gasteiger partial charge in [0.25, 0.3) is 5.91 Å². The van der Waals surface area contributed by atoms with Crippen molar-refractivity contribution in [2.45, 2.75) is 85.0 Å². The van der Waals surface area contributed by atoms with E-state index in [-0.39, 0.29) is 30.6 Å². The second-order valence-corrected chi connectivity index (χ2v) is 9.71. The van der Waals surface area contributed by atoms with E-state index >= 15 is 0 Å². The van der Waals surface area contributed by atoms with Crippen LogP contribution >= 0.6 is 0 Å². The number of hydrogen-bond donors (Lipinski definition) is 1. The SMILES string of the molecule is CCCCCCCCOc1ccc(C(=O)Nc2ccccc2O/C(=C\C(=O)OCCCC)C(=O)OCCCC)cc1. The van der Waals surface area contributed by atoms with Crippen LogP contribution in [0, 0.1) is 0 Å². The van der Waals surface area contributed by atoms with E-state index in [1.54, 1.807) is 48.5 Å². The molecule has 1 N–H and O–H groups in total. The summed E-state index contributed by atoms with van der Waals surface area (Å²) in [6.45, 7) is 7.23. The zero-order valence-corrected chi connectivity index (χ0v) is 24.7. The Labute approximate surface area is 244 Å². The fourth-order valence-corrected chi connectivity index (χ4v) is 3.72. The number of carbonyl (C=O) groups excluding carboxylic acids is 3. The highest BCUT2D eigenvalue weighted by molar-refractivity contribution is 6.05. The molecule has 8 heteroatoms. The lowest BCUT2D eigenvalue weighted by Crippen LogP contribution is -2.18. The molecule has 0 spiro atoms. The highest BCUT2D eigenvalue weighted by Gasteiger charge is 2.19. The monoisotopic (exact) mass is 567 g/mol. The van der Waals surface area contributed by atoms with Crippen LogP contribution in [0.15, 0.2) is 60.4 Å². The van der Waals surface area contributed by atoms with Crippen LogP contribution in [-0.2, 0) is 19.1 Å². The lowest BCUT2D eigenvalue weighted by Gasteiger charge is -2.14. The molecule has 0 atom stereocenters. The first-order valence-electron chi connectivity index (χ1n) is 14.8. The largest absolute Gasteiger partial charge is 0.494 e. The van der Waals surface area contributed by atoms with Crippen molar-refractivity contribution in [1.29, 1.82) is 0 Å². The van der Waals surface area contributed by atoms with E-state index in [2.05, 4.69) is 12.2 Å². The lowest BCUT2D eigenvalue weighted by atomic mass is 10.1. The van der Waals surface area contributed by atoms with Crippen LogP contribution in [-0.4, -0.2) is 37.7 Å². The van der Waals surface area contributed by atoms with E-state index < -0.39 is 11.9 Å². The van der Waals surface area contributed by atoms with Gasteiger partial charge in [0.1, 0.15) is 5.75 Å². The first-order valence-corrected chi connectivity index (χ1v) is 14.8. The third kappa shape index (κ3) is 13.4. The molecule has 2 aromatic carbocycles. The van der Waals surface area contributed by atoms with Gasteiger partial charge in [-0.05, 0) is 55.7 Å². The second-order valence-electron chi connectivity index (χ2n) is 9.71. The molecule has 41 heavy (non-hydrogen) atoms. The van der Waals surface area contributed by atoms with Crippen molar-refractivity contribution in [3.05, 3.63) is 65.9 Å². The summed E-state index contributed by atoms with van der Waals surface area (Å²) in [6.07, 6.45) is 11.2. The van der Waals surface area contributed by atoms with Crippen LogP contribution < -0.4 is 14.8 Å². The molecule has 0 fully saturated rings. The van der Waals surface area contributed by atoms with E-state index in [9.17, 15) is 14.4 Å². The summed E-state index contributed by atoms with van der Waals surface area (Å²) < 4.78 is 22.0. The van der Waals surface area contributed by atoms with Gasteiger partial charge in [0.2, 0.25) is 5.76 Å². The Kier molecular flexibility index (Phi) is 16.4. The Morgan fingerprint density at radius 1 is 0.707 bits per heavy atom. The zero-order valence-electron chi connectivity index (χ0n) is 24.7. The maximum Gasteiger partial charge on any atom is 0.374 e. The first-order chi connectivity index (χ1) is 20.0. The standard InChI is InChI=1S/C33H45NO7/c1-4-7-10-11-12-15-24-38-27-20-18-26(19-21-27)32(36)34-28-16-13-14-17-29(28)41-30(33(37)40-23-9-6-3)25-31(35)39-22-8-5-2/h13-14,16-21,25H,4-12,15,22-24H2,1-3H3,(H,34,36)/b30-25-. The van der Waals surface area contributed by atoms with Gasteiger partial charge in [-0.25, -0.2) is 9.59 Å². The number of unbranched alkanes of at least 4 members (excludes halogenated alkanes) is 7. The van der Waals surface area contributed by atoms with Crippen molar-refractivity contribution in [2.24, 2.45) is 0 Å². The van der Waals surface area contributed by atoms with E-state index in [1.807, 2.05) is 13.8 Å². The van der Waals surface area contributed by atoms with Crippen LogP contribution in [0.1, 0.15) is 95.3 Å². The van der Waals surface area contributed by atoms with Crippen molar-refractivity contribution < 1.29 is 33.3 Å². The van der Waals surface area contributed by atoms with Crippen LogP contribution in [0.2, 0.25) is 0 Å². The van der Waals surface area contributed by atoms with Crippen molar-refractivity contribution in [2.75, 3.05) is 25.1 Å². The number of rotatable bonds is 20. The number of para-hydroxylation sites is 2. The zero-order chi connectivity index (χ0) is 29.7. The number of benzene rings is 2. The lowest BCUT2D eigenvalue weighted by molar-refractivity contribution is -0.143. The van der Waals surface area contributed by atoms with Crippen molar-refractivity contribution in [3.8, 4) is 11.5 Å². The summed E-state index contributed by atoms with van der Waals surface area (Å²) in [5.41, 5.74) is 0.758. The number of nitrogens with one attached hydrogen (secondary N) is 1. The predicted molar refractivity (Wildman–Crippen MR) is 160 cm³/mol. The number of esters is 2. The minimum Gasteiger partial charge on any atom is -0.494 e. The Morgan fingerprint density at radius 2 is 1.34 bits per heavy atom. The molecule has 0 unspecified atom stereocenters. The third-order valence-corrected chi connectivity index (χ3v) is 6.16. The normalized spacial score (nSPS) is 11.0. The quantitative estimate of drug-likeness (QED) is 0.0760. The first kappa shape index (κ1) is 33.4. The molecule has 0 aliphatic carbocycles. The molecule has 0 saturated heterocycles. The van der Waals surface area contributed by atoms with Gasteiger partial charge in [-0.2, -0.15) is 0 Å². The molecule has 0 saturated carbocycles. The maximum atomic E-state index is 13.0. The second kappa shape index (κ2) is 20.1. The van der Waals surface area contributed by atoms with E-state index in [0.717, 1.165) is 31.8 Å². The molecule has 0 aliphatic rings. The highest BCUT2D eigenvalue weighted by Crippen LogP contribution is 2.27. The Morgan fingerprint density at radius 3 is 2.05 bits per heavy atom. The van der Waals surface area contributed by atoms with E-state index in [1.165, 1.54) is 25.7 Å². The van der Waals surface area contributed by atoms with Crippen molar-refractivity contribution in [3.63, 3.8) is 0 Å². The fraction of sp³-hybridized carbons (Fsp3) is 0.485. The van der Waals surface area contributed by atoms with Crippen molar-refractivity contribution >= 4 is 23.5 Å². The van der Waals surface area contributed by atoms with Crippen LogP contribution in [0.25, 0.3) is 0 Å². The molecule has 0 radical (unpaired) electrons. The average Bonchev–Trinajstić information content (AvgIpc) is 2.97. The molecule has 8 nitrogen and oxygen atoms in total. The van der Waals surface area contributed by atoms with Gasteiger partial charge in [-0.15, -0.1) is 0 Å². The summed E-state index contributed by atoms with van der Waals surface area (Å²) >= 11 is 0. The summed E-state index contributed by atoms with van der Waals surface area (Å²) in [5.74, 6) is -1.29. The Balaban J connectivity index is 2.04. The highest BCUT2D eigenvalue weighted by atomic mass is 16.6. The van der Waals surface area contributed by atoms with E-state index in [0.29, 0.717) is 36.4 Å². The van der Waals surface area contributed by atoms with Crippen LogP contribution in [0.3, 0.4) is 0 Å². The number of anilines is 1. The summed E-state index contributed by atoms with van der Waals surface area (Å²) in [4.78, 5) is 38.0. The van der Waals surface area contributed by atoms with Crippen molar-refractivity contribution in [1.82, 2.24) is 0 Å². The molecule has 0 aromatic heterocycles. The van der Waals surface area contributed by atoms with Crippen LogP contribution in [0.5, 0.6) is 11.5 Å². The van der Waals surface area contributed by atoms with Gasteiger partial charge < -0.3 is 24.3 Å². The van der Waals surface area contributed by atoms with Gasteiger partial charge in [-0.3, -0.25) is 4.79 Å². The molecular weight excluding hydrogens is 522 g/mol. The summed E-state index contributed by atoms with van der Waals surface area (Å²) in [7, 11) is 0. The Hall–Kier alpha value is -3.81. The molecule has 0 bridgehead atoms. The molecule has 2 aromatic rings. The van der Waals surface area contributed by atoms with E-state index in [4.69, 9.17) is 18.9 Å². The minimum atomic E-state index is -0.788. The average molecular weight is 568 g/mol. The third-order valence-electron chi connectivity index (χ3n) is 6.16. The number of hydrogen-bond acceptors (Lipinski definition) is 7.